The maximum atomic E-state index is 13.7. The summed E-state index contributed by atoms with van der Waals surface area (Å²) in [5.74, 6) is -1.66. The fourth-order valence-corrected chi connectivity index (χ4v) is 2.81. The third kappa shape index (κ3) is 5.02. The van der Waals surface area contributed by atoms with Gasteiger partial charge in [-0.1, -0.05) is 13.0 Å². The van der Waals surface area contributed by atoms with Crippen LogP contribution >= 0.6 is 0 Å². The first kappa shape index (κ1) is 22.3. The van der Waals surface area contributed by atoms with Gasteiger partial charge in [0.25, 0.3) is 5.56 Å². The molecule has 1 N–H and O–H groups in total. The Bertz CT molecular complexity index is 1160. The molecule has 0 aliphatic heterocycles. The third-order valence-corrected chi connectivity index (χ3v) is 4.46. The second-order valence-corrected chi connectivity index (χ2v) is 6.99. The number of nitrogens with zero attached hydrogens (tertiary/aromatic N) is 3. The van der Waals surface area contributed by atoms with Gasteiger partial charge in [-0.2, -0.15) is 23.0 Å². The van der Waals surface area contributed by atoms with Crippen LogP contribution in [0.15, 0.2) is 53.5 Å². The average Bonchev–Trinajstić information content (AvgIpc) is 2.73. The van der Waals surface area contributed by atoms with Gasteiger partial charge in [-0.3, -0.25) is 14.6 Å². The van der Waals surface area contributed by atoms with Crippen LogP contribution in [0.4, 0.5) is 17.6 Å². The van der Waals surface area contributed by atoms with Crippen molar-refractivity contribution in [2.75, 3.05) is 6.61 Å². The van der Waals surface area contributed by atoms with Crippen LogP contribution in [0.25, 0.3) is 17.1 Å². The van der Waals surface area contributed by atoms with Crippen LogP contribution in [0, 0.1) is 11.7 Å². The van der Waals surface area contributed by atoms with Crippen molar-refractivity contribution < 1.29 is 27.5 Å². The zero-order valence-electron chi connectivity index (χ0n) is 16.2. The molecule has 3 rings (SSSR count). The number of halogens is 4. The normalized spacial score (nSPS) is 12.6. The summed E-state index contributed by atoms with van der Waals surface area (Å²) in [6.07, 6.45) is -4.11. The Morgan fingerprint density at radius 2 is 1.90 bits per heavy atom. The number of hydrogen-bond donors (Lipinski definition) is 1. The zero-order chi connectivity index (χ0) is 22.8. The second kappa shape index (κ2) is 8.76. The zero-order valence-corrected chi connectivity index (χ0v) is 16.2. The van der Waals surface area contributed by atoms with Gasteiger partial charge in [0.15, 0.2) is 5.78 Å². The predicted molar refractivity (Wildman–Crippen MR) is 103 cm³/mol. The summed E-state index contributed by atoms with van der Waals surface area (Å²) in [6, 6.07) is 7.93. The lowest BCUT2D eigenvalue weighted by Crippen LogP contribution is -2.29. The molecule has 0 amide bonds. The van der Waals surface area contributed by atoms with Crippen LogP contribution in [0.2, 0.25) is 0 Å². The Balaban J connectivity index is 2.17. The maximum absolute atomic E-state index is 13.7. The Kier molecular flexibility index (Phi) is 6.30. The van der Waals surface area contributed by atoms with Gasteiger partial charge >= 0.3 is 6.18 Å². The molecule has 0 aliphatic rings. The van der Waals surface area contributed by atoms with Gasteiger partial charge in [-0.15, -0.1) is 0 Å². The number of carbonyl (C=O) groups is 1. The number of ketones is 1. The van der Waals surface area contributed by atoms with E-state index in [1.165, 1.54) is 12.1 Å². The maximum Gasteiger partial charge on any atom is 0.417 e. The molecule has 0 unspecified atom stereocenters. The molecule has 162 valence electrons. The number of rotatable bonds is 6. The lowest BCUT2D eigenvalue weighted by atomic mass is 10.0. The van der Waals surface area contributed by atoms with Crippen molar-refractivity contribution in [3.05, 3.63) is 76.0 Å². The van der Waals surface area contributed by atoms with Gasteiger partial charge in [0, 0.05) is 19.2 Å². The van der Waals surface area contributed by atoms with Crippen LogP contribution in [-0.4, -0.2) is 32.3 Å². The van der Waals surface area contributed by atoms with E-state index < -0.39 is 34.8 Å². The van der Waals surface area contributed by atoms with Crippen molar-refractivity contribution >= 4 is 5.78 Å². The number of carbonyl (C=O) groups excluding carboxylic acids is 1. The molecular formula is C21H17F4N3O3. The first-order valence-electron chi connectivity index (χ1n) is 9.18. The summed E-state index contributed by atoms with van der Waals surface area (Å²) in [5.41, 5.74) is -2.11. The minimum Gasteiger partial charge on any atom is -0.396 e. The van der Waals surface area contributed by atoms with E-state index in [1.54, 1.807) is 6.92 Å². The van der Waals surface area contributed by atoms with Crippen molar-refractivity contribution in [1.29, 1.82) is 0 Å². The van der Waals surface area contributed by atoms with E-state index in [-0.39, 0.29) is 35.7 Å². The monoisotopic (exact) mass is 435 g/mol. The molecular weight excluding hydrogens is 418 g/mol. The highest BCUT2D eigenvalue weighted by Gasteiger charge is 2.31. The smallest absolute Gasteiger partial charge is 0.396 e. The van der Waals surface area contributed by atoms with Crippen LogP contribution < -0.4 is 5.56 Å². The van der Waals surface area contributed by atoms with Crippen molar-refractivity contribution in [2.24, 2.45) is 5.92 Å². The number of aliphatic hydroxyl groups excluding tert-OH is 1. The molecule has 0 aliphatic carbocycles. The summed E-state index contributed by atoms with van der Waals surface area (Å²) in [5, 5.41) is 13.3. The molecule has 0 saturated carbocycles. The lowest BCUT2D eigenvalue weighted by molar-refractivity contribution is -0.137. The highest BCUT2D eigenvalue weighted by Crippen LogP contribution is 2.29. The number of aliphatic hydroxyl groups is 1. The number of hydrogen-bond acceptors (Lipinski definition) is 5. The topological polar surface area (TPSA) is 85.1 Å². The summed E-state index contributed by atoms with van der Waals surface area (Å²) < 4.78 is 52.9. The Morgan fingerprint density at radius 1 is 1.16 bits per heavy atom. The molecule has 1 aromatic carbocycles. The van der Waals surface area contributed by atoms with Gasteiger partial charge < -0.3 is 5.11 Å². The van der Waals surface area contributed by atoms with Crippen molar-refractivity contribution in [3.63, 3.8) is 0 Å². The van der Waals surface area contributed by atoms with Crippen molar-refractivity contribution in [3.8, 4) is 17.1 Å². The molecule has 0 fully saturated rings. The average molecular weight is 435 g/mol. The summed E-state index contributed by atoms with van der Waals surface area (Å²) in [4.78, 5) is 29.3. The molecule has 0 radical (unpaired) electrons. The Hall–Kier alpha value is -3.40. The van der Waals surface area contributed by atoms with Gasteiger partial charge in [-0.25, -0.2) is 4.39 Å². The molecule has 1 atom stereocenters. The molecule has 0 bridgehead atoms. The second-order valence-electron chi connectivity index (χ2n) is 6.99. The van der Waals surface area contributed by atoms with Crippen LogP contribution in [0.5, 0.6) is 0 Å². The highest BCUT2D eigenvalue weighted by atomic mass is 19.4. The standard InChI is InChI=1S/C21H17F4N3O3/c1-12(11-29)7-19(30)16-9-18(17-6-5-13(10-26-17)21(23,24)25)27-28(20(16)31)15-4-2-3-14(22)8-15/h2-6,8-10,12,29H,7,11H2,1H3/t12-/m1/s1. The SMILES string of the molecule is C[C@@H](CO)CC(=O)c1cc(-c2ccc(C(F)(F)F)cn2)nn(-c2cccc(F)c2)c1=O. The summed E-state index contributed by atoms with van der Waals surface area (Å²) in [6.45, 7) is 1.34. The first-order valence-corrected chi connectivity index (χ1v) is 9.18. The van der Waals surface area contributed by atoms with Gasteiger partial charge in [0.1, 0.15) is 11.5 Å². The van der Waals surface area contributed by atoms with E-state index in [4.69, 9.17) is 0 Å². The van der Waals surface area contributed by atoms with Crippen LogP contribution in [0.3, 0.4) is 0 Å². The molecule has 2 heterocycles. The van der Waals surface area contributed by atoms with Gasteiger partial charge in [0.05, 0.1) is 22.5 Å². The first-order chi connectivity index (χ1) is 14.6. The molecule has 0 saturated heterocycles. The molecule has 31 heavy (non-hydrogen) atoms. The summed E-state index contributed by atoms with van der Waals surface area (Å²) in [7, 11) is 0. The number of benzene rings is 1. The minimum absolute atomic E-state index is 0.0117. The molecule has 3 aromatic rings. The predicted octanol–water partition coefficient (Wildman–Crippen LogP) is 3.65. The van der Waals surface area contributed by atoms with Crippen LogP contribution in [0.1, 0.15) is 29.3 Å². The fourth-order valence-electron chi connectivity index (χ4n) is 2.81. The summed E-state index contributed by atoms with van der Waals surface area (Å²) >= 11 is 0. The molecule has 6 nitrogen and oxygen atoms in total. The molecule has 0 spiro atoms. The van der Waals surface area contributed by atoms with Gasteiger partial charge in [-0.05, 0) is 42.3 Å². The Morgan fingerprint density at radius 3 is 2.48 bits per heavy atom. The number of alkyl halides is 3. The van der Waals surface area contributed by atoms with E-state index >= 15 is 0 Å². The van der Waals surface area contributed by atoms with E-state index in [9.17, 15) is 32.3 Å². The van der Waals surface area contributed by atoms with E-state index in [1.807, 2.05) is 0 Å². The Labute approximate surface area is 173 Å². The molecule has 2 aromatic heterocycles. The number of Topliss-reactive ketones (excluding diaryl/α,β-unsaturated/α-hetero) is 1. The van der Waals surface area contributed by atoms with Crippen molar-refractivity contribution in [1.82, 2.24) is 14.8 Å². The largest absolute Gasteiger partial charge is 0.417 e. The van der Waals surface area contributed by atoms with E-state index in [0.717, 1.165) is 35.0 Å². The lowest BCUT2D eigenvalue weighted by Gasteiger charge is -2.12. The molecule has 10 heteroatoms. The third-order valence-electron chi connectivity index (χ3n) is 4.46. The highest BCUT2D eigenvalue weighted by molar-refractivity contribution is 5.96. The van der Waals surface area contributed by atoms with E-state index in [2.05, 4.69) is 10.1 Å². The fraction of sp³-hybridized carbons (Fsp3) is 0.238. The quantitative estimate of drug-likeness (QED) is 0.472. The van der Waals surface area contributed by atoms with Gasteiger partial charge in [0.2, 0.25) is 0 Å². The van der Waals surface area contributed by atoms with E-state index in [0.29, 0.717) is 6.20 Å². The minimum atomic E-state index is -4.58. The number of pyridine rings is 1. The van der Waals surface area contributed by atoms with Crippen LogP contribution in [-0.2, 0) is 6.18 Å². The van der Waals surface area contributed by atoms with Crippen molar-refractivity contribution in [2.45, 2.75) is 19.5 Å². The number of aromatic nitrogens is 3.